The second-order valence-corrected chi connectivity index (χ2v) is 6.82. The fraction of sp³-hybridized carbons (Fsp3) is 0.867. The molecule has 5 nitrogen and oxygen atoms in total. The average molecular weight is 282 g/mol. The molecule has 0 unspecified atom stereocenters. The van der Waals surface area contributed by atoms with Gasteiger partial charge in [-0.25, -0.2) is 4.79 Å². The third-order valence-electron chi connectivity index (χ3n) is 4.19. The molecule has 0 radical (unpaired) electrons. The molecule has 2 rings (SSSR count). The van der Waals surface area contributed by atoms with E-state index in [4.69, 9.17) is 4.74 Å². The van der Waals surface area contributed by atoms with E-state index in [1.807, 2.05) is 20.8 Å². The summed E-state index contributed by atoms with van der Waals surface area (Å²) in [6.07, 6.45) is 5.87. The molecule has 0 aromatic carbocycles. The summed E-state index contributed by atoms with van der Waals surface area (Å²) in [6, 6.07) is -0.255. The molecule has 1 spiro atoms. The molecule has 20 heavy (non-hydrogen) atoms. The second-order valence-electron chi connectivity index (χ2n) is 6.82. The minimum absolute atomic E-state index is 0.111. The number of ether oxygens (including phenoxy) is 1. The van der Waals surface area contributed by atoms with E-state index in [-0.39, 0.29) is 17.5 Å². The smallest absolute Gasteiger partial charge is 0.325 e. The SMILES string of the molecule is CC(C)(C)OCCN1C(=O)NC(=O)C12CCCCCC2. The zero-order valence-electron chi connectivity index (χ0n) is 12.8. The Morgan fingerprint density at radius 3 is 2.30 bits per heavy atom. The molecule has 0 aromatic heterocycles. The topological polar surface area (TPSA) is 58.6 Å². The van der Waals surface area contributed by atoms with Crippen LogP contribution in [0.3, 0.4) is 0 Å². The van der Waals surface area contributed by atoms with Crippen LogP contribution in [0.5, 0.6) is 0 Å². The molecule has 0 atom stereocenters. The fourth-order valence-electron chi connectivity index (χ4n) is 3.17. The average Bonchev–Trinajstić information content (AvgIpc) is 2.55. The van der Waals surface area contributed by atoms with Crippen LogP contribution in [0.1, 0.15) is 59.3 Å². The highest BCUT2D eigenvalue weighted by atomic mass is 16.5. The van der Waals surface area contributed by atoms with Crippen LogP contribution in [0.15, 0.2) is 0 Å². The van der Waals surface area contributed by atoms with Gasteiger partial charge in [0.25, 0.3) is 5.91 Å². The lowest BCUT2D eigenvalue weighted by Crippen LogP contribution is -2.50. The van der Waals surface area contributed by atoms with Crippen LogP contribution in [-0.2, 0) is 9.53 Å². The Balaban J connectivity index is 2.07. The molecule has 0 aromatic rings. The van der Waals surface area contributed by atoms with Crippen molar-refractivity contribution in [3.63, 3.8) is 0 Å². The van der Waals surface area contributed by atoms with Crippen molar-refractivity contribution in [2.75, 3.05) is 13.2 Å². The summed E-state index contributed by atoms with van der Waals surface area (Å²) in [7, 11) is 0. The van der Waals surface area contributed by atoms with Crippen molar-refractivity contribution in [1.29, 1.82) is 0 Å². The first-order chi connectivity index (χ1) is 9.35. The summed E-state index contributed by atoms with van der Waals surface area (Å²) in [5.74, 6) is -0.111. The van der Waals surface area contributed by atoms with E-state index in [1.54, 1.807) is 4.90 Å². The van der Waals surface area contributed by atoms with E-state index in [9.17, 15) is 9.59 Å². The minimum Gasteiger partial charge on any atom is -0.374 e. The van der Waals surface area contributed by atoms with Gasteiger partial charge in [0.15, 0.2) is 0 Å². The third kappa shape index (κ3) is 3.14. The van der Waals surface area contributed by atoms with Crippen LogP contribution in [0, 0.1) is 0 Å². The fourth-order valence-corrected chi connectivity index (χ4v) is 3.17. The van der Waals surface area contributed by atoms with E-state index in [0.717, 1.165) is 38.5 Å². The zero-order valence-corrected chi connectivity index (χ0v) is 12.8. The molecule has 2 fully saturated rings. The zero-order chi connectivity index (χ0) is 14.8. The molecule has 1 saturated carbocycles. The van der Waals surface area contributed by atoms with Crippen LogP contribution < -0.4 is 5.32 Å². The van der Waals surface area contributed by atoms with E-state index < -0.39 is 5.54 Å². The first-order valence-corrected chi connectivity index (χ1v) is 7.62. The highest BCUT2D eigenvalue weighted by molar-refractivity contribution is 6.07. The number of hydrogen-bond acceptors (Lipinski definition) is 3. The van der Waals surface area contributed by atoms with Gasteiger partial charge in [-0.05, 0) is 33.6 Å². The lowest BCUT2D eigenvalue weighted by atomic mass is 9.89. The first-order valence-electron chi connectivity index (χ1n) is 7.62. The molecule has 1 saturated heterocycles. The van der Waals surface area contributed by atoms with Crippen LogP contribution in [0.4, 0.5) is 4.79 Å². The number of nitrogens with one attached hydrogen (secondary N) is 1. The maximum absolute atomic E-state index is 12.3. The highest BCUT2D eigenvalue weighted by Crippen LogP contribution is 2.35. The largest absolute Gasteiger partial charge is 0.374 e. The lowest BCUT2D eigenvalue weighted by Gasteiger charge is -2.35. The predicted molar refractivity (Wildman–Crippen MR) is 76.4 cm³/mol. The van der Waals surface area contributed by atoms with Gasteiger partial charge < -0.3 is 9.64 Å². The van der Waals surface area contributed by atoms with Gasteiger partial charge in [-0.15, -0.1) is 0 Å². The Morgan fingerprint density at radius 1 is 1.15 bits per heavy atom. The molecular formula is C15H26N2O3. The Hall–Kier alpha value is -1.10. The molecule has 114 valence electrons. The lowest BCUT2D eigenvalue weighted by molar-refractivity contribution is -0.127. The van der Waals surface area contributed by atoms with Crippen LogP contribution in [-0.4, -0.2) is 41.1 Å². The summed E-state index contributed by atoms with van der Waals surface area (Å²) in [5.41, 5.74) is -0.842. The number of hydrogen-bond donors (Lipinski definition) is 1. The minimum atomic E-state index is -0.616. The van der Waals surface area contributed by atoms with Crippen molar-refractivity contribution in [3.8, 4) is 0 Å². The van der Waals surface area contributed by atoms with Crippen molar-refractivity contribution >= 4 is 11.9 Å². The number of imide groups is 1. The quantitative estimate of drug-likeness (QED) is 0.809. The van der Waals surface area contributed by atoms with Crippen molar-refractivity contribution in [2.45, 2.75) is 70.4 Å². The number of rotatable bonds is 3. The second kappa shape index (κ2) is 5.72. The predicted octanol–water partition coefficient (Wildman–Crippen LogP) is 2.45. The molecule has 1 N–H and O–H groups in total. The van der Waals surface area contributed by atoms with E-state index >= 15 is 0 Å². The summed E-state index contributed by atoms with van der Waals surface area (Å²) >= 11 is 0. The Labute approximate surface area is 121 Å². The Morgan fingerprint density at radius 2 is 1.75 bits per heavy atom. The van der Waals surface area contributed by atoms with Crippen LogP contribution in [0.25, 0.3) is 0 Å². The van der Waals surface area contributed by atoms with Gasteiger partial charge in [0.1, 0.15) is 5.54 Å². The molecule has 1 aliphatic heterocycles. The van der Waals surface area contributed by atoms with Crippen LogP contribution in [0.2, 0.25) is 0 Å². The number of carbonyl (C=O) groups is 2. The third-order valence-corrected chi connectivity index (χ3v) is 4.19. The van der Waals surface area contributed by atoms with Crippen molar-refractivity contribution in [2.24, 2.45) is 0 Å². The summed E-state index contributed by atoms with van der Waals surface area (Å²) < 4.78 is 5.71. The molecule has 3 amide bonds. The number of amides is 3. The van der Waals surface area contributed by atoms with E-state index in [0.29, 0.717) is 13.2 Å². The van der Waals surface area contributed by atoms with Gasteiger partial charge in [0.2, 0.25) is 0 Å². The molecule has 1 aliphatic carbocycles. The maximum Gasteiger partial charge on any atom is 0.325 e. The molecule has 5 heteroatoms. The van der Waals surface area contributed by atoms with E-state index in [2.05, 4.69) is 5.32 Å². The summed E-state index contributed by atoms with van der Waals surface area (Å²) in [4.78, 5) is 26.0. The van der Waals surface area contributed by atoms with Gasteiger partial charge in [0, 0.05) is 6.54 Å². The van der Waals surface area contributed by atoms with Gasteiger partial charge in [0.05, 0.1) is 12.2 Å². The van der Waals surface area contributed by atoms with Gasteiger partial charge in [-0.3, -0.25) is 10.1 Å². The number of urea groups is 1. The first kappa shape index (κ1) is 15.3. The molecule has 1 heterocycles. The van der Waals surface area contributed by atoms with Crippen molar-refractivity contribution in [3.05, 3.63) is 0 Å². The van der Waals surface area contributed by atoms with Crippen LogP contribution >= 0.6 is 0 Å². The molecule has 0 bridgehead atoms. The van der Waals surface area contributed by atoms with Gasteiger partial charge in [-0.1, -0.05) is 25.7 Å². The van der Waals surface area contributed by atoms with Crippen molar-refractivity contribution < 1.29 is 14.3 Å². The van der Waals surface area contributed by atoms with Gasteiger partial charge >= 0.3 is 6.03 Å². The number of carbonyl (C=O) groups excluding carboxylic acids is 2. The maximum atomic E-state index is 12.3. The van der Waals surface area contributed by atoms with Crippen molar-refractivity contribution in [1.82, 2.24) is 10.2 Å². The van der Waals surface area contributed by atoms with E-state index in [1.165, 1.54) is 0 Å². The summed E-state index contributed by atoms with van der Waals surface area (Å²) in [6.45, 7) is 6.91. The summed E-state index contributed by atoms with van der Waals surface area (Å²) in [5, 5.41) is 2.50. The monoisotopic (exact) mass is 282 g/mol. The standard InChI is InChI=1S/C15H26N2O3/c1-14(2,3)20-11-10-17-13(19)16-12(18)15(17)8-6-4-5-7-9-15/h4-11H2,1-3H3,(H,16,18,19). The molecule has 2 aliphatic rings. The van der Waals surface area contributed by atoms with Gasteiger partial charge in [-0.2, -0.15) is 0 Å². The Kier molecular flexibility index (Phi) is 4.37. The molecular weight excluding hydrogens is 256 g/mol. The highest BCUT2D eigenvalue weighted by Gasteiger charge is 2.51. The Bertz CT molecular complexity index is 379. The number of nitrogens with zero attached hydrogens (tertiary/aromatic N) is 1. The normalized spacial score (nSPS) is 23.1.